The van der Waals surface area contributed by atoms with Gasteiger partial charge in [-0.05, 0) is 36.6 Å². The van der Waals surface area contributed by atoms with E-state index in [1.165, 1.54) is 36.8 Å². The van der Waals surface area contributed by atoms with Crippen molar-refractivity contribution in [3.05, 3.63) is 59.7 Å². The summed E-state index contributed by atoms with van der Waals surface area (Å²) in [7, 11) is 0. The minimum absolute atomic E-state index is 0.103. The molecule has 0 N–H and O–H groups in total. The van der Waals surface area contributed by atoms with Gasteiger partial charge in [0.25, 0.3) is 0 Å². The molecule has 0 saturated carbocycles. The third kappa shape index (κ3) is 3.54. The molecule has 0 radical (unpaired) electrons. The molecule has 0 aromatic heterocycles. The zero-order valence-corrected chi connectivity index (χ0v) is 19.0. The van der Waals surface area contributed by atoms with Gasteiger partial charge in [-0.25, -0.2) is 0 Å². The van der Waals surface area contributed by atoms with Crippen LogP contribution in [0.15, 0.2) is 48.5 Å². The van der Waals surface area contributed by atoms with E-state index >= 15 is 0 Å². The molecule has 3 nitrogen and oxygen atoms in total. The number of anilines is 1. The first-order valence-electron chi connectivity index (χ1n) is 11.2. The summed E-state index contributed by atoms with van der Waals surface area (Å²) in [5, 5.41) is 0.103. The smallest absolute Gasteiger partial charge is 0.249 e. The molecule has 158 valence electrons. The second-order valence-corrected chi connectivity index (χ2v) is 10.9. The van der Waals surface area contributed by atoms with Crippen molar-refractivity contribution >= 4 is 35.1 Å². The number of para-hydroxylation sites is 1. The molecule has 5 rings (SSSR count). The third-order valence-corrected chi connectivity index (χ3v) is 9.73. The van der Waals surface area contributed by atoms with Gasteiger partial charge in [0.2, 0.25) is 5.91 Å². The summed E-state index contributed by atoms with van der Waals surface area (Å²) < 4.78 is 5.56. The van der Waals surface area contributed by atoms with Gasteiger partial charge in [-0.2, -0.15) is 11.8 Å². The number of amides is 1. The Morgan fingerprint density at radius 2 is 1.77 bits per heavy atom. The number of carbonyl (C=O) groups is 1. The fourth-order valence-corrected chi connectivity index (χ4v) is 8.33. The van der Waals surface area contributed by atoms with E-state index in [-0.39, 0.29) is 11.2 Å². The van der Waals surface area contributed by atoms with Gasteiger partial charge in [0.05, 0.1) is 11.9 Å². The van der Waals surface area contributed by atoms with Gasteiger partial charge in [0, 0.05) is 29.3 Å². The highest BCUT2D eigenvalue weighted by atomic mass is 32.2. The van der Waals surface area contributed by atoms with Crippen molar-refractivity contribution in [1.29, 1.82) is 0 Å². The Balaban J connectivity index is 1.60. The minimum atomic E-state index is -0.533. The highest BCUT2D eigenvalue weighted by Gasteiger charge is 2.57. The lowest BCUT2D eigenvalue weighted by molar-refractivity contribution is -0.120. The van der Waals surface area contributed by atoms with Gasteiger partial charge in [-0.3, -0.25) is 4.79 Å². The summed E-state index contributed by atoms with van der Waals surface area (Å²) in [6.07, 6.45) is 7.06. The molecule has 1 amide bonds. The van der Waals surface area contributed by atoms with E-state index in [4.69, 9.17) is 4.74 Å². The van der Waals surface area contributed by atoms with E-state index in [0.717, 1.165) is 48.9 Å². The summed E-state index contributed by atoms with van der Waals surface area (Å²) in [5.74, 6) is 3.29. The van der Waals surface area contributed by atoms with Crippen LogP contribution < -0.4 is 9.64 Å². The maximum Gasteiger partial charge on any atom is 0.249 e. The maximum atomic E-state index is 14.1. The Hall–Kier alpha value is -1.59. The van der Waals surface area contributed by atoms with E-state index in [2.05, 4.69) is 53.4 Å². The molecular formula is C25H29NO2S2. The van der Waals surface area contributed by atoms with Gasteiger partial charge in [-0.1, -0.05) is 56.0 Å². The SMILES string of the molecule is O=C1N2CCCCCCCCOc3cccc(c3)[C@H]3SCCS[C@]13c1ccccc12. The predicted octanol–water partition coefficient (Wildman–Crippen LogP) is 6.18. The summed E-state index contributed by atoms with van der Waals surface area (Å²) >= 11 is 3.78. The zero-order chi connectivity index (χ0) is 20.4. The van der Waals surface area contributed by atoms with Crippen molar-refractivity contribution in [1.82, 2.24) is 0 Å². The molecule has 2 atom stereocenters. The van der Waals surface area contributed by atoms with Crippen LogP contribution >= 0.6 is 23.5 Å². The lowest BCUT2D eigenvalue weighted by atomic mass is 9.91. The topological polar surface area (TPSA) is 29.5 Å². The average molecular weight is 440 g/mol. The monoisotopic (exact) mass is 439 g/mol. The Kier molecular flexibility index (Phi) is 6.01. The van der Waals surface area contributed by atoms with Crippen molar-refractivity contribution < 1.29 is 9.53 Å². The fraction of sp³-hybridized carbons (Fsp3) is 0.480. The fourth-order valence-electron chi connectivity index (χ4n) is 4.99. The van der Waals surface area contributed by atoms with Crippen LogP contribution in [0.5, 0.6) is 5.75 Å². The largest absolute Gasteiger partial charge is 0.494 e. The summed E-state index contributed by atoms with van der Waals surface area (Å²) in [5.41, 5.74) is 3.54. The molecule has 3 heterocycles. The van der Waals surface area contributed by atoms with Crippen LogP contribution in [0.1, 0.15) is 54.9 Å². The first-order chi connectivity index (χ1) is 14.8. The van der Waals surface area contributed by atoms with Crippen LogP contribution in [0.4, 0.5) is 5.69 Å². The quantitative estimate of drug-likeness (QED) is 0.490. The first-order valence-corrected chi connectivity index (χ1v) is 13.2. The van der Waals surface area contributed by atoms with Gasteiger partial charge < -0.3 is 9.64 Å². The normalized spacial score (nSPS) is 27.1. The summed E-state index contributed by atoms with van der Waals surface area (Å²) in [6.45, 7) is 1.61. The van der Waals surface area contributed by atoms with Crippen LogP contribution in [0.2, 0.25) is 0 Å². The standard InChI is InChI=1S/C25H29NO2S2/c27-24-25-21-12-5-6-13-22(21)26(24)14-7-3-1-2-4-8-15-28-20-11-9-10-19(18-20)23(25)29-16-17-30-25/h5-6,9-13,18,23H,1-4,7-8,14-17H2/t23-,25+/m1/s1. The zero-order valence-electron chi connectivity index (χ0n) is 17.3. The average Bonchev–Trinajstić information content (AvgIpc) is 3.01. The van der Waals surface area contributed by atoms with Crippen LogP contribution in [0.25, 0.3) is 0 Å². The molecule has 30 heavy (non-hydrogen) atoms. The lowest BCUT2D eigenvalue weighted by Gasteiger charge is -2.39. The maximum absolute atomic E-state index is 14.1. The van der Waals surface area contributed by atoms with E-state index in [0.29, 0.717) is 0 Å². The number of nitrogens with zero attached hydrogens (tertiary/aromatic N) is 1. The molecule has 4 bridgehead atoms. The molecule has 0 aliphatic carbocycles. The Morgan fingerprint density at radius 3 is 2.70 bits per heavy atom. The van der Waals surface area contributed by atoms with Gasteiger partial charge >= 0.3 is 0 Å². The molecule has 3 aliphatic heterocycles. The van der Waals surface area contributed by atoms with Gasteiger partial charge in [0.15, 0.2) is 0 Å². The second-order valence-electron chi connectivity index (χ2n) is 8.35. The van der Waals surface area contributed by atoms with Crippen LogP contribution in [0.3, 0.4) is 0 Å². The summed E-state index contributed by atoms with van der Waals surface area (Å²) in [4.78, 5) is 16.2. The number of hydrogen-bond donors (Lipinski definition) is 0. The number of fused-ring (bicyclic) bond motifs is 6. The molecule has 0 unspecified atom stereocenters. The van der Waals surface area contributed by atoms with Crippen molar-refractivity contribution in [2.75, 3.05) is 29.6 Å². The molecular weight excluding hydrogens is 410 g/mol. The number of carbonyl (C=O) groups excluding carboxylic acids is 1. The minimum Gasteiger partial charge on any atom is -0.494 e. The molecule has 1 saturated heterocycles. The Labute approximate surface area is 187 Å². The van der Waals surface area contributed by atoms with E-state index in [1.807, 2.05) is 23.5 Å². The van der Waals surface area contributed by atoms with E-state index in [9.17, 15) is 4.79 Å². The number of hydrogen-bond acceptors (Lipinski definition) is 4. The van der Waals surface area contributed by atoms with Crippen molar-refractivity contribution in [2.45, 2.75) is 48.5 Å². The number of thioether (sulfide) groups is 2. The van der Waals surface area contributed by atoms with Gasteiger partial charge in [0.1, 0.15) is 10.5 Å². The van der Waals surface area contributed by atoms with Crippen LogP contribution in [-0.2, 0) is 9.54 Å². The van der Waals surface area contributed by atoms with Gasteiger partial charge in [-0.15, -0.1) is 11.8 Å². The molecule has 5 heteroatoms. The molecule has 2 aromatic carbocycles. The molecule has 3 aliphatic rings. The lowest BCUT2D eigenvalue weighted by Crippen LogP contribution is -2.43. The number of rotatable bonds is 0. The van der Waals surface area contributed by atoms with E-state index in [1.54, 1.807) is 0 Å². The van der Waals surface area contributed by atoms with Crippen molar-refractivity contribution in [3.63, 3.8) is 0 Å². The van der Waals surface area contributed by atoms with Crippen LogP contribution in [0, 0.1) is 0 Å². The highest BCUT2D eigenvalue weighted by Crippen LogP contribution is 2.62. The number of benzene rings is 2. The van der Waals surface area contributed by atoms with Crippen LogP contribution in [-0.4, -0.2) is 30.6 Å². The Morgan fingerprint density at radius 1 is 0.933 bits per heavy atom. The third-order valence-electron chi connectivity index (χ3n) is 6.43. The first kappa shape index (κ1) is 20.3. The number of ether oxygens (including phenoxy) is 1. The highest BCUT2D eigenvalue weighted by molar-refractivity contribution is 8.07. The van der Waals surface area contributed by atoms with E-state index < -0.39 is 4.75 Å². The Bertz CT molecular complexity index is 918. The summed E-state index contributed by atoms with van der Waals surface area (Å²) in [6, 6.07) is 17.0. The van der Waals surface area contributed by atoms with Crippen molar-refractivity contribution in [2.24, 2.45) is 0 Å². The second kappa shape index (κ2) is 8.88. The molecule has 1 fully saturated rings. The predicted molar refractivity (Wildman–Crippen MR) is 128 cm³/mol. The molecule has 2 aromatic rings. The molecule has 1 spiro atoms. The van der Waals surface area contributed by atoms with Crippen molar-refractivity contribution in [3.8, 4) is 5.75 Å².